The fourth-order valence-corrected chi connectivity index (χ4v) is 8.26. The van der Waals surface area contributed by atoms with Crippen LogP contribution in [0.3, 0.4) is 0 Å². The Balaban J connectivity index is 1.24. The number of para-hydroxylation sites is 3. The Hall–Kier alpha value is -7.10. The third kappa shape index (κ3) is 6.14. The molecular formula is C53H42N2O. The van der Waals surface area contributed by atoms with E-state index in [1.165, 1.54) is 32.8 Å². The first-order valence-corrected chi connectivity index (χ1v) is 19.2. The van der Waals surface area contributed by atoms with Gasteiger partial charge in [0.15, 0.2) is 0 Å². The van der Waals surface area contributed by atoms with Crippen molar-refractivity contribution in [3.8, 4) is 5.69 Å². The maximum Gasteiger partial charge on any atom is 0.136 e. The third-order valence-corrected chi connectivity index (χ3v) is 10.8. The minimum atomic E-state index is 0.903. The molecule has 0 amide bonds. The van der Waals surface area contributed by atoms with Gasteiger partial charge >= 0.3 is 0 Å². The summed E-state index contributed by atoms with van der Waals surface area (Å²) in [6.45, 7) is 10.2. The van der Waals surface area contributed by atoms with E-state index >= 15 is 0 Å². The van der Waals surface area contributed by atoms with Crippen LogP contribution < -0.4 is 4.90 Å². The highest BCUT2D eigenvalue weighted by Crippen LogP contribution is 2.42. The third-order valence-electron chi connectivity index (χ3n) is 10.8. The fraction of sp³-hybridized carbons (Fsp3) is 0.0566. The molecule has 6 aromatic carbocycles. The number of aromatic nitrogens is 1. The smallest absolute Gasteiger partial charge is 0.136 e. The molecule has 0 atom stereocenters. The monoisotopic (exact) mass is 722 g/mol. The maximum absolute atomic E-state index is 6.21. The van der Waals surface area contributed by atoms with Crippen molar-refractivity contribution in [2.45, 2.75) is 19.8 Å². The van der Waals surface area contributed by atoms with Gasteiger partial charge in [0.05, 0.1) is 16.7 Å². The number of furan rings is 1. The Bertz CT molecular complexity index is 3010. The molecule has 56 heavy (non-hydrogen) atoms. The summed E-state index contributed by atoms with van der Waals surface area (Å²) in [4.78, 5) is 2.39. The quantitative estimate of drug-likeness (QED) is 0.131. The summed E-state index contributed by atoms with van der Waals surface area (Å²) in [5, 5.41) is 7.03. The Morgan fingerprint density at radius 1 is 0.696 bits per heavy atom. The van der Waals surface area contributed by atoms with Crippen LogP contribution >= 0.6 is 0 Å². The molecule has 0 saturated carbocycles. The molecule has 0 spiro atoms. The van der Waals surface area contributed by atoms with Crippen LogP contribution in [0.4, 0.5) is 5.69 Å². The number of fused-ring (bicyclic) bond motifs is 8. The van der Waals surface area contributed by atoms with Crippen molar-refractivity contribution in [2.75, 3.05) is 4.90 Å². The van der Waals surface area contributed by atoms with Crippen LogP contribution in [0.15, 0.2) is 223 Å². The number of rotatable bonds is 10. The topological polar surface area (TPSA) is 21.3 Å². The molecule has 0 saturated heterocycles. The van der Waals surface area contributed by atoms with E-state index in [0.717, 1.165) is 73.9 Å². The number of anilines is 1. The Kier molecular flexibility index (Phi) is 9.26. The van der Waals surface area contributed by atoms with Crippen molar-refractivity contribution >= 4 is 65.8 Å². The van der Waals surface area contributed by atoms with E-state index in [0.29, 0.717) is 0 Å². The van der Waals surface area contributed by atoms with E-state index in [-0.39, 0.29) is 0 Å². The minimum absolute atomic E-state index is 0.903. The molecule has 3 nitrogen and oxygen atoms in total. The van der Waals surface area contributed by atoms with Crippen molar-refractivity contribution in [1.29, 1.82) is 0 Å². The van der Waals surface area contributed by atoms with Crippen LogP contribution in [0.5, 0.6) is 0 Å². The molecule has 0 N–H and O–H groups in total. The van der Waals surface area contributed by atoms with Crippen molar-refractivity contribution in [1.82, 2.24) is 4.57 Å². The first-order chi connectivity index (χ1) is 27.6. The van der Waals surface area contributed by atoms with Gasteiger partial charge in [0.2, 0.25) is 0 Å². The highest BCUT2D eigenvalue weighted by atomic mass is 16.3. The summed E-state index contributed by atoms with van der Waals surface area (Å²) in [5.41, 5.74) is 12.3. The molecule has 0 aliphatic heterocycles. The summed E-state index contributed by atoms with van der Waals surface area (Å²) >= 11 is 0. The molecule has 2 heterocycles. The Labute approximate surface area is 327 Å². The second-order valence-electron chi connectivity index (χ2n) is 14.2. The van der Waals surface area contributed by atoms with E-state index in [2.05, 4.69) is 187 Å². The molecule has 0 unspecified atom stereocenters. The summed E-state index contributed by atoms with van der Waals surface area (Å²) in [6.07, 6.45) is 23.0. The van der Waals surface area contributed by atoms with E-state index < -0.39 is 0 Å². The van der Waals surface area contributed by atoms with Crippen molar-refractivity contribution in [3.05, 3.63) is 224 Å². The average Bonchev–Trinajstić information content (AvgIpc) is 3.80. The minimum Gasteiger partial charge on any atom is -0.456 e. The van der Waals surface area contributed by atoms with Crippen LogP contribution in [-0.4, -0.2) is 4.57 Å². The van der Waals surface area contributed by atoms with E-state index in [1.54, 1.807) is 0 Å². The zero-order chi connectivity index (χ0) is 38.0. The number of hydrogen-bond acceptors (Lipinski definition) is 2. The molecule has 1 aliphatic carbocycles. The van der Waals surface area contributed by atoms with E-state index in [1.807, 2.05) is 30.4 Å². The lowest BCUT2D eigenvalue weighted by Crippen LogP contribution is -2.18. The molecule has 0 radical (unpaired) electrons. The molecule has 8 aromatic rings. The average molecular weight is 723 g/mol. The molecule has 270 valence electrons. The zero-order valence-electron chi connectivity index (χ0n) is 31.5. The number of hydrogen-bond donors (Lipinski definition) is 0. The number of allylic oxidation sites excluding steroid dienone is 12. The van der Waals surface area contributed by atoms with E-state index in [9.17, 15) is 0 Å². The van der Waals surface area contributed by atoms with E-state index in [4.69, 9.17) is 4.42 Å². The number of benzene rings is 6. The molecule has 1 aliphatic rings. The van der Waals surface area contributed by atoms with Crippen LogP contribution in [0.1, 0.15) is 25.3 Å². The fourth-order valence-electron chi connectivity index (χ4n) is 8.26. The van der Waals surface area contributed by atoms with Gasteiger partial charge in [-0.05, 0) is 114 Å². The van der Waals surface area contributed by atoms with Gasteiger partial charge in [0.1, 0.15) is 11.2 Å². The predicted octanol–water partition coefficient (Wildman–Crippen LogP) is 14.7. The predicted molar refractivity (Wildman–Crippen MR) is 240 cm³/mol. The van der Waals surface area contributed by atoms with Gasteiger partial charge < -0.3 is 13.9 Å². The highest BCUT2D eigenvalue weighted by molar-refractivity contribution is 6.19. The number of nitrogens with zero attached hydrogens (tertiary/aromatic N) is 2. The van der Waals surface area contributed by atoms with Gasteiger partial charge in [0.25, 0.3) is 0 Å². The summed E-state index contributed by atoms with van der Waals surface area (Å²) in [5.74, 6) is 0. The molecule has 9 rings (SSSR count). The highest BCUT2D eigenvalue weighted by Gasteiger charge is 2.22. The lowest BCUT2D eigenvalue weighted by atomic mass is 9.94. The second kappa shape index (κ2) is 15.0. The molecule has 2 aromatic heterocycles. The standard InChI is InChI=1S/C53H42N2O/c1-4-6-8-19-37(3)42-22-11-14-25-46(42)54(48-27-17-28-49-53(48)44-23-12-15-26-47(44)55(49)41-20-9-7-10-21-41)35-34-38(18-5-2)39-30-32-43-40(36-39)31-33-51-52(43)45-24-13-16-29-50(45)56-51/h4-10,12-21,23-36H,1-2,11,22H2,3H3/b8-6-,35-34-,37-19+,38-18+. The molecule has 3 heteroatoms. The first-order valence-electron chi connectivity index (χ1n) is 19.2. The van der Waals surface area contributed by atoms with Gasteiger partial charge in [-0.2, -0.15) is 0 Å². The largest absolute Gasteiger partial charge is 0.456 e. The second-order valence-corrected chi connectivity index (χ2v) is 14.2. The van der Waals surface area contributed by atoms with Gasteiger partial charge in [-0.25, -0.2) is 0 Å². The summed E-state index contributed by atoms with van der Waals surface area (Å²) in [7, 11) is 0. The molecular weight excluding hydrogens is 681 g/mol. The molecule has 0 bridgehead atoms. The SMILES string of the molecule is C=C/C=C\C=C(/C)C1=C(N(/C=C\C(=C/C=C)c2ccc3c(ccc4oc5ccccc5c43)c2)c2cccc3c2c2ccccc2n3-c2ccccc2)C=CCC1. The Morgan fingerprint density at radius 3 is 2.36 bits per heavy atom. The maximum atomic E-state index is 6.21. The lowest BCUT2D eigenvalue weighted by molar-refractivity contribution is 0.669. The lowest BCUT2D eigenvalue weighted by Gasteiger charge is -2.28. The van der Waals surface area contributed by atoms with Gasteiger partial charge in [0, 0.05) is 39.1 Å². The van der Waals surface area contributed by atoms with Crippen LogP contribution in [0.25, 0.3) is 65.8 Å². The molecule has 0 fully saturated rings. The van der Waals surface area contributed by atoms with Crippen molar-refractivity contribution < 1.29 is 4.42 Å². The Morgan fingerprint density at radius 2 is 1.50 bits per heavy atom. The van der Waals surface area contributed by atoms with Crippen molar-refractivity contribution in [2.24, 2.45) is 0 Å². The normalized spacial score (nSPS) is 14.1. The van der Waals surface area contributed by atoms with Gasteiger partial charge in [-0.1, -0.05) is 135 Å². The zero-order valence-corrected chi connectivity index (χ0v) is 31.5. The van der Waals surface area contributed by atoms with Gasteiger partial charge in [-0.3, -0.25) is 0 Å². The van der Waals surface area contributed by atoms with Crippen molar-refractivity contribution in [3.63, 3.8) is 0 Å². The summed E-state index contributed by atoms with van der Waals surface area (Å²) < 4.78 is 8.59. The summed E-state index contributed by atoms with van der Waals surface area (Å²) in [6, 6.07) is 45.3. The van der Waals surface area contributed by atoms with Crippen LogP contribution in [-0.2, 0) is 0 Å². The van der Waals surface area contributed by atoms with Crippen LogP contribution in [0.2, 0.25) is 0 Å². The van der Waals surface area contributed by atoms with Gasteiger partial charge in [-0.15, -0.1) is 0 Å². The first kappa shape index (κ1) is 34.7. The van der Waals surface area contributed by atoms with Crippen LogP contribution in [0, 0.1) is 0 Å².